The summed E-state index contributed by atoms with van der Waals surface area (Å²) < 4.78 is 2.13. The Morgan fingerprint density at radius 2 is 1.82 bits per heavy atom. The third kappa shape index (κ3) is 3.73. The first-order chi connectivity index (χ1) is 16.1. The van der Waals surface area contributed by atoms with Gasteiger partial charge in [0.15, 0.2) is 11.5 Å². The van der Waals surface area contributed by atoms with Crippen LogP contribution in [0, 0.1) is 0 Å². The van der Waals surface area contributed by atoms with Crippen LogP contribution < -0.4 is 10.0 Å². The molecule has 0 saturated carbocycles. The lowest BCUT2D eigenvalue weighted by atomic mass is 9.77. The van der Waals surface area contributed by atoms with E-state index >= 15 is 0 Å². The van der Waals surface area contributed by atoms with E-state index in [9.17, 15) is 19.8 Å². The highest BCUT2D eigenvalue weighted by Crippen LogP contribution is 2.43. The Kier molecular flexibility index (Phi) is 5.94. The van der Waals surface area contributed by atoms with Crippen LogP contribution in [0.1, 0.15) is 55.1 Å². The lowest BCUT2D eigenvalue weighted by Gasteiger charge is -2.31. The van der Waals surface area contributed by atoms with Crippen molar-refractivity contribution in [2.24, 2.45) is 0 Å². The minimum absolute atomic E-state index is 0.183. The fourth-order valence-corrected chi connectivity index (χ4v) is 4.69. The monoisotopic (exact) mass is 458 g/mol. The first-order valence-electron chi connectivity index (χ1n) is 11.6. The molecular weight excluding hydrogens is 428 g/mol. The SMILES string of the molecule is CCCC[N+]1=C(C=C2C(=O)C(c3ccc(N(C)C)cc3)=C2[O-])C(C)(C)c2cc(C(=O)O)ccc21. The average Bonchev–Trinajstić information content (AvgIpc) is 3.01. The summed E-state index contributed by atoms with van der Waals surface area (Å²) in [6.07, 6.45) is 3.64. The number of Topliss-reactive ketones (excluding diaryl/α,β-unsaturated/α-hetero) is 1. The standard InChI is InChI=1S/C28H30N2O4/c1-6-7-14-30-22-13-10-18(27(33)34)15-21(22)28(2,3)23(30)16-20-25(31)24(26(20)32)17-8-11-19(12-9-17)29(4)5/h8-13,15-16H,6-7,14H2,1-5H3,(H-,31,32,33,34). The molecule has 0 bridgehead atoms. The van der Waals surface area contributed by atoms with Crippen molar-refractivity contribution in [2.75, 3.05) is 25.5 Å². The molecule has 4 rings (SSSR count). The van der Waals surface area contributed by atoms with Crippen molar-refractivity contribution in [3.8, 4) is 0 Å². The topological polar surface area (TPSA) is 83.7 Å². The lowest BCUT2D eigenvalue weighted by Crippen LogP contribution is -2.33. The second-order valence-corrected chi connectivity index (χ2v) is 9.59. The van der Waals surface area contributed by atoms with E-state index < -0.39 is 11.4 Å². The Hall–Kier alpha value is -3.67. The summed E-state index contributed by atoms with van der Waals surface area (Å²) >= 11 is 0. The van der Waals surface area contributed by atoms with Gasteiger partial charge in [0, 0.05) is 55.1 Å². The fourth-order valence-electron chi connectivity index (χ4n) is 4.69. The Morgan fingerprint density at radius 3 is 2.38 bits per heavy atom. The number of hydrogen-bond acceptors (Lipinski definition) is 4. The van der Waals surface area contributed by atoms with E-state index in [0.29, 0.717) is 5.56 Å². The number of carbonyl (C=O) groups excluding carboxylic acids is 1. The molecule has 0 amide bonds. The van der Waals surface area contributed by atoms with Gasteiger partial charge < -0.3 is 15.1 Å². The van der Waals surface area contributed by atoms with Crippen LogP contribution in [0.2, 0.25) is 0 Å². The molecule has 0 aromatic heterocycles. The maximum absolute atomic E-state index is 13.1. The van der Waals surface area contributed by atoms with Gasteiger partial charge in [-0.2, -0.15) is 4.58 Å². The molecule has 2 aromatic carbocycles. The highest BCUT2D eigenvalue weighted by molar-refractivity contribution is 6.40. The van der Waals surface area contributed by atoms with Gasteiger partial charge in [0.25, 0.3) is 0 Å². The van der Waals surface area contributed by atoms with E-state index in [-0.39, 0.29) is 28.3 Å². The predicted molar refractivity (Wildman–Crippen MR) is 132 cm³/mol. The third-order valence-corrected chi connectivity index (χ3v) is 6.77. The van der Waals surface area contributed by atoms with Crippen molar-refractivity contribution >= 4 is 34.4 Å². The Bertz CT molecular complexity index is 1280. The van der Waals surface area contributed by atoms with Crippen molar-refractivity contribution in [1.29, 1.82) is 0 Å². The van der Waals surface area contributed by atoms with Gasteiger partial charge in [-0.1, -0.05) is 31.2 Å². The number of carboxylic acids is 1. The van der Waals surface area contributed by atoms with Crippen molar-refractivity contribution < 1.29 is 24.4 Å². The van der Waals surface area contributed by atoms with E-state index in [1.807, 2.05) is 51.0 Å². The predicted octanol–water partition coefficient (Wildman–Crippen LogP) is 3.91. The van der Waals surface area contributed by atoms with Gasteiger partial charge in [-0.05, 0) is 43.7 Å². The quantitative estimate of drug-likeness (QED) is 0.502. The number of anilines is 1. The summed E-state index contributed by atoms with van der Waals surface area (Å²) in [5.41, 5.74) is 4.36. The molecule has 1 aliphatic heterocycles. The van der Waals surface area contributed by atoms with E-state index in [1.54, 1.807) is 30.3 Å². The highest BCUT2D eigenvalue weighted by atomic mass is 16.4. The number of fused-ring (bicyclic) bond motifs is 1. The van der Waals surface area contributed by atoms with Crippen LogP contribution in [0.3, 0.4) is 0 Å². The van der Waals surface area contributed by atoms with Gasteiger partial charge in [0.1, 0.15) is 6.54 Å². The molecule has 1 aliphatic carbocycles. The van der Waals surface area contributed by atoms with Crippen molar-refractivity contribution in [3.63, 3.8) is 0 Å². The molecule has 0 radical (unpaired) electrons. The van der Waals surface area contributed by atoms with Crippen LogP contribution >= 0.6 is 0 Å². The van der Waals surface area contributed by atoms with E-state index in [2.05, 4.69) is 11.5 Å². The summed E-state index contributed by atoms with van der Waals surface area (Å²) in [6, 6.07) is 12.5. The number of carboxylic acid groups (broad SMARTS) is 1. The van der Waals surface area contributed by atoms with Crippen LogP contribution in [-0.2, 0) is 10.2 Å². The molecule has 1 heterocycles. The number of benzene rings is 2. The molecule has 2 aromatic rings. The number of carbonyl (C=O) groups is 2. The highest BCUT2D eigenvalue weighted by Gasteiger charge is 2.46. The molecule has 0 saturated heterocycles. The molecular formula is C28H30N2O4. The van der Waals surface area contributed by atoms with E-state index in [1.165, 1.54) is 0 Å². The smallest absolute Gasteiger partial charge is 0.335 e. The molecule has 0 spiro atoms. The zero-order valence-corrected chi connectivity index (χ0v) is 20.3. The summed E-state index contributed by atoms with van der Waals surface area (Å²) in [4.78, 5) is 26.6. The summed E-state index contributed by atoms with van der Waals surface area (Å²) in [5, 5.41) is 22.6. The largest absolute Gasteiger partial charge is 0.871 e. The first kappa shape index (κ1) is 23.5. The molecule has 176 valence electrons. The maximum atomic E-state index is 13.1. The Morgan fingerprint density at radius 1 is 1.15 bits per heavy atom. The molecule has 0 atom stereocenters. The maximum Gasteiger partial charge on any atom is 0.335 e. The van der Waals surface area contributed by atoms with Crippen LogP contribution in [0.4, 0.5) is 11.4 Å². The number of unbranched alkanes of at least 4 members (excludes halogenated alkanes) is 1. The molecule has 1 N–H and O–H groups in total. The number of nitrogens with zero attached hydrogens (tertiary/aromatic N) is 2. The zero-order chi connectivity index (χ0) is 24.8. The summed E-state index contributed by atoms with van der Waals surface area (Å²) in [5.74, 6) is -1.47. The van der Waals surface area contributed by atoms with Crippen molar-refractivity contribution in [2.45, 2.75) is 39.0 Å². The molecule has 0 fully saturated rings. The van der Waals surface area contributed by atoms with E-state index in [0.717, 1.165) is 42.0 Å². The van der Waals surface area contributed by atoms with Crippen molar-refractivity contribution in [3.05, 3.63) is 76.6 Å². The number of ketones is 1. The van der Waals surface area contributed by atoms with Gasteiger partial charge >= 0.3 is 5.97 Å². The number of hydrogen-bond donors (Lipinski definition) is 1. The molecule has 6 heteroatoms. The first-order valence-corrected chi connectivity index (χ1v) is 11.6. The van der Waals surface area contributed by atoms with Gasteiger partial charge in [0.2, 0.25) is 5.69 Å². The Labute approximate surface area is 200 Å². The van der Waals surface area contributed by atoms with Gasteiger partial charge in [0.05, 0.1) is 11.0 Å². The number of rotatable bonds is 7. The van der Waals surface area contributed by atoms with Crippen LogP contribution in [-0.4, -0.2) is 47.8 Å². The summed E-state index contributed by atoms with van der Waals surface area (Å²) in [7, 11) is 3.87. The van der Waals surface area contributed by atoms with E-state index in [4.69, 9.17) is 0 Å². The Balaban J connectivity index is 1.78. The van der Waals surface area contributed by atoms with Crippen LogP contribution in [0.15, 0.2) is 59.9 Å². The molecule has 0 unspecified atom stereocenters. The molecule has 6 nitrogen and oxygen atoms in total. The zero-order valence-electron chi connectivity index (χ0n) is 20.3. The minimum atomic E-state index is -0.977. The van der Waals surface area contributed by atoms with Crippen molar-refractivity contribution in [1.82, 2.24) is 0 Å². The van der Waals surface area contributed by atoms with Gasteiger partial charge in [-0.15, -0.1) is 0 Å². The number of aromatic carboxylic acids is 1. The molecule has 2 aliphatic rings. The number of allylic oxidation sites excluding steroid dienone is 3. The molecule has 34 heavy (non-hydrogen) atoms. The van der Waals surface area contributed by atoms with Gasteiger partial charge in [-0.25, -0.2) is 4.79 Å². The second-order valence-electron chi connectivity index (χ2n) is 9.59. The fraction of sp³-hybridized carbons (Fsp3) is 0.321. The summed E-state index contributed by atoms with van der Waals surface area (Å²) in [6.45, 7) is 6.85. The minimum Gasteiger partial charge on any atom is -0.871 e. The van der Waals surface area contributed by atoms with Crippen LogP contribution in [0.25, 0.3) is 5.57 Å². The lowest BCUT2D eigenvalue weighted by molar-refractivity contribution is -0.438. The van der Waals surface area contributed by atoms with Gasteiger partial charge in [-0.3, -0.25) is 4.79 Å². The third-order valence-electron chi connectivity index (χ3n) is 6.77. The average molecular weight is 459 g/mol. The second kappa shape index (κ2) is 8.60. The normalized spacial score (nSPS) is 17.8. The van der Waals surface area contributed by atoms with Crippen LogP contribution in [0.5, 0.6) is 0 Å².